The number of piperidine rings is 1. The molecule has 5 nitrogen and oxygen atoms in total. The Labute approximate surface area is 158 Å². The Balaban J connectivity index is 1.48. The number of hydrogen-bond donors (Lipinski definition) is 2. The highest BCUT2D eigenvalue weighted by Gasteiger charge is 2.23. The maximum atomic E-state index is 12.9. The fourth-order valence-electron chi connectivity index (χ4n) is 3.16. The van der Waals surface area contributed by atoms with E-state index in [0.717, 1.165) is 18.5 Å². The van der Waals surface area contributed by atoms with E-state index in [1.54, 1.807) is 12.1 Å². The smallest absolute Gasteiger partial charge is 0.253 e. The summed E-state index contributed by atoms with van der Waals surface area (Å²) in [6.45, 7) is 2.57. The van der Waals surface area contributed by atoms with Crippen LogP contribution in [0.25, 0.3) is 0 Å². The van der Waals surface area contributed by atoms with Gasteiger partial charge in [-0.2, -0.15) is 0 Å². The van der Waals surface area contributed by atoms with Crippen molar-refractivity contribution < 1.29 is 19.0 Å². The molecule has 2 N–H and O–H groups in total. The molecule has 0 radical (unpaired) electrons. The lowest BCUT2D eigenvalue weighted by Crippen LogP contribution is -2.39. The predicted molar refractivity (Wildman–Crippen MR) is 103 cm³/mol. The van der Waals surface area contributed by atoms with Crippen molar-refractivity contribution in [3.8, 4) is 5.75 Å². The van der Waals surface area contributed by atoms with Crippen molar-refractivity contribution >= 4 is 11.6 Å². The molecular weight excluding hydrogens is 347 g/mol. The number of aliphatic hydroxyl groups is 1. The minimum absolute atomic E-state index is 0.0256. The number of aliphatic hydroxyl groups excluding tert-OH is 1. The number of amides is 1. The number of rotatable bonds is 7. The number of halogens is 1. The molecule has 0 atom stereocenters. The molecule has 2 aromatic carbocycles. The van der Waals surface area contributed by atoms with Crippen LogP contribution in [0, 0.1) is 11.7 Å². The van der Waals surface area contributed by atoms with E-state index in [4.69, 9.17) is 4.74 Å². The highest BCUT2D eigenvalue weighted by molar-refractivity contribution is 5.95. The number of likely N-dealkylation sites (tertiary alicyclic amines) is 1. The Morgan fingerprint density at radius 1 is 1.19 bits per heavy atom. The first-order valence-electron chi connectivity index (χ1n) is 9.28. The van der Waals surface area contributed by atoms with Gasteiger partial charge in [0, 0.05) is 37.5 Å². The molecule has 2 aromatic rings. The van der Waals surface area contributed by atoms with Crippen molar-refractivity contribution in [2.24, 2.45) is 5.92 Å². The van der Waals surface area contributed by atoms with Gasteiger partial charge in [0.25, 0.3) is 5.91 Å². The number of nitrogens with zero attached hydrogens (tertiary/aromatic N) is 1. The van der Waals surface area contributed by atoms with Gasteiger partial charge < -0.3 is 20.1 Å². The SMILES string of the molecule is O=C(c1cccc(NCCOc2ccc(F)cc2)c1)N1CCC(CO)CC1. The van der Waals surface area contributed by atoms with E-state index in [9.17, 15) is 14.3 Å². The summed E-state index contributed by atoms with van der Waals surface area (Å²) in [7, 11) is 0. The van der Waals surface area contributed by atoms with Crippen LogP contribution in [0.1, 0.15) is 23.2 Å². The molecule has 0 spiro atoms. The number of anilines is 1. The standard InChI is InChI=1S/C21H25FN2O3/c22-18-4-6-20(7-5-18)27-13-10-23-19-3-1-2-17(14-19)21(26)24-11-8-16(15-25)9-12-24/h1-7,14,16,23,25H,8-13,15H2. The number of ether oxygens (including phenoxy) is 1. The largest absolute Gasteiger partial charge is 0.492 e. The predicted octanol–water partition coefficient (Wildman–Crippen LogP) is 3.16. The number of nitrogens with one attached hydrogen (secondary N) is 1. The first-order valence-corrected chi connectivity index (χ1v) is 9.28. The van der Waals surface area contributed by atoms with Gasteiger partial charge in [0.05, 0.1) is 0 Å². The molecule has 6 heteroatoms. The Hall–Kier alpha value is -2.60. The van der Waals surface area contributed by atoms with E-state index in [1.165, 1.54) is 12.1 Å². The molecule has 1 fully saturated rings. The van der Waals surface area contributed by atoms with Crippen molar-refractivity contribution in [2.75, 3.05) is 38.2 Å². The molecular formula is C21H25FN2O3. The van der Waals surface area contributed by atoms with Crippen molar-refractivity contribution in [3.05, 3.63) is 59.9 Å². The van der Waals surface area contributed by atoms with E-state index >= 15 is 0 Å². The molecule has 144 valence electrons. The normalized spacial score (nSPS) is 14.8. The summed E-state index contributed by atoms with van der Waals surface area (Å²) >= 11 is 0. The Morgan fingerprint density at radius 2 is 1.93 bits per heavy atom. The van der Waals surface area contributed by atoms with Gasteiger partial charge in [-0.25, -0.2) is 4.39 Å². The van der Waals surface area contributed by atoms with E-state index in [2.05, 4.69) is 5.32 Å². The highest BCUT2D eigenvalue weighted by Crippen LogP contribution is 2.20. The topological polar surface area (TPSA) is 61.8 Å². The molecule has 27 heavy (non-hydrogen) atoms. The molecule has 1 amide bonds. The maximum absolute atomic E-state index is 12.9. The Bertz CT molecular complexity index is 743. The molecule has 0 aromatic heterocycles. The molecule has 0 unspecified atom stereocenters. The summed E-state index contributed by atoms with van der Waals surface area (Å²) in [5, 5.41) is 12.5. The minimum atomic E-state index is -0.289. The van der Waals surface area contributed by atoms with Crippen LogP contribution in [0.2, 0.25) is 0 Å². The fraction of sp³-hybridized carbons (Fsp3) is 0.381. The van der Waals surface area contributed by atoms with Gasteiger partial charge in [0.2, 0.25) is 0 Å². The average molecular weight is 372 g/mol. The summed E-state index contributed by atoms with van der Waals surface area (Å²) in [5.41, 5.74) is 1.51. The number of hydrogen-bond acceptors (Lipinski definition) is 4. The monoisotopic (exact) mass is 372 g/mol. The van der Waals surface area contributed by atoms with Gasteiger partial charge in [0.15, 0.2) is 0 Å². The number of carbonyl (C=O) groups excluding carboxylic acids is 1. The third-order valence-corrected chi connectivity index (χ3v) is 4.78. The quantitative estimate of drug-likeness (QED) is 0.733. The van der Waals surface area contributed by atoms with E-state index < -0.39 is 0 Å². The van der Waals surface area contributed by atoms with Gasteiger partial charge in [-0.05, 0) is 61.2 Å². The third-order valence-electron chi connectivity index (χ3n) is 4.78. The molecule has 1 saturated heterocycles. The first kappa shape index (κ1) is 19.2. The second kappa shape index (κ2) is 9.37. The molecule has 0 saturated carbocycles. The molecule has 1 aliphatic heterocycles. The van der Waals surface area contributed by atoms with E-state index in [0.29, 0.717) is 43.5 Å². The van der Waals surface area contributed by atoms with Crippen LogP contribution < -0.4 is 10.1 Å². The Morgan fingerprint density at radius 3 is 2.63 bits per heavy atom. The van der Waals surface area contributed by atoms with Crippen molar-refractivity contribution in [2.45, 2.75) is 12.8 Å². The minimum Gasteiger partial charge on any atom is -0.492 e. The van der Waals surface area contributed by atoms with Crippen LogP contribution in [0.3, 0.4) is 0 Å². The zero-order valence-corrected chi connectivity index (χ0v) is 15.2. The van der Waals surface area contributed by atoms with Crippen molar-refractivity contribution in [1.29, 1.82) is 0 Å². The first-order chi connectivity index (χ1) is 13.2. The fourth-order valence-corrected chi connectivity index (χ4v) is 3.16. The summed E-state index contributed by atoms with van der Waals surface area (Å²) in [5.74, 6) is 0.664. The molecule has 3 rings (SSSR count). The van der Waals surface area contributed by atoms with Crippen LogP contribution in [0.15, 0.2) is 48.5 Å². The lowest BCUT2D eigenvalue weighted by Gasteiger charge is -2.31. The highest BCUT2D eigenvalue weighted by atomic mass is 19.1. The van der Waals surface area contributed by atoms with Gasteiger partial charge in [-0.1, -0.05) is 6.07 Å². The average Bonchev–Trinajstić information content (AvgIpc) is 2.72. The van der Waals surface area contributed by atoms with Gasteiger partial charge in [-0.3, -0.25) is 4.79 Å². The van der Waals surface area contributed by atoms with Gasteiger partial charge >= 0.3 is 0 Å². The van der Waals surface area contributed by atoms with Crippen LogP contribution >= 0.6 is 0 Å². The van der Waals surface area contributed by atoms with Crippen LogP contribution in [0.5, 0.6) is 5.75 Å². The molecule has 0 aliphatic carbocycles. The van der Waals surface area contributed by atoms with Crippen LogP contribution in [-0.4, -0.2) is 48.8 Å². The zero-order chi connectivity index (χ0) is 19.1. The third kappa shape index (κ3) is 5.44. The summed E-state index contributed by atoms with van der Waals surface area (Å²) in [6.07, 6.45) is 1.70. The summed E-state index contributed by atoms with van der Waals surface area (Å²) in [6, 6.07) is 13.3. The van der Waals surface area contributed by atoms with Crippen LogP contribution in [-0.2, 0) is 0 Å². The lowest BCUT2D eigenvalue weighted by atomic mass is 9.97. The summed E-state index contributed by atoms with van der Waals surface area (Å²) in [4.78, 5) is 14.5. The molecule has 1 aliphatic rings. The number of carbonyl (C=O) groups is 1. The maximum Gasteiger partial charge on any atom is 0.253 e. The summed E-state index contributed by atoms with van der Waals surface area (Å²) < 4.78 is 18.4. The van der Waals surface area contributed by atoms with E-state index in [1.807, 2.05) is 29.2 Å². The second-order valence-electron chi connectivity index (χ2n) is 6.73. The zero-order valence-electron chi connectivity index (χ0n) is 15.2. The Kier molecular flexibility index (Phi) is 6.65. The van der Waals surface area contributed by atoms with Crippen molar-refractivity contribution in [1.82, 2.24) is 4.90 Å². The molecule has 0 bridgehead atoms. The van der Waals surface area contributed by atoms with Crippen molar-refractivity contribution in [3.63, 3.8) is 0 Å². The molecule has 1 heterocycles. The van der Waals surface area contributed by atoms with E-state index in [-0.39, 0.29) is 18.3 Å². The van der Waals surface area contributed by atoms with Gasteiger partial charge in [-0.15, -0.1) is 0 Å². The number of benzene rings is 2. The van der Waals surface area contributed by atoms with Crippen LogP contribution in [0.4, 0.5) is 10.1 Å². The lowest BCUT2D eigenvalue weighted by molar-refractivity contribution is 0.0651. The second-order valence-corrected chi connectivity index (χ2v) is 6.73. The van der Waals surface area contributed by atoms with Gasteiger partial charge in [0.1, 0.15) is 18.2 Å².